The van der Waals surface area contributed by atoms with Gasteiger partial charge in [0.1, 0.15) is 5.60 Å². The lowest BCUT2D eigenvalue weighted by atomic mass is 10.1. The molecular formula is C15H24N4O2. The van der Waals surface area contributed by atoms with Crippen molar-refractivity contribution in [1.29, 1.82) is 0 Å². The van der Waals surface area contributed by atoms with Crippen molar-refractivity contribution < 1.29 is 9.53 Å². The second-order valence-electron chi connectivity index (χ2n) is 6.42. The first-order valence-electron chi connectivity index (χ1n) is 7.26. The number of aromatic nitrogens is 1. The van der Waals surface area contributed by atoms with E-state index >= 15 is 0 Å². The van der Waals surface area contributed by atoms with Crippen LogP contribution < -0.4 is 16.0 Å². The molecule has 6 heteroatoms. The highest BCUT2D eigenvalue weighted by molar-refractivity contribution is 5.68. The van der Waals surface area contributed by atoms with Crippen molar-refractivity contribution in [3.8, 4) is 0 Å². The molecule has 2 rings (SSSR count). The maximum Gasteiger partial charge on any atom is 0.407 e. The van der Waals surface area contributed by atoms with Gasteiger partial charge in [-0.05, 0) is 39.2 Å². The maximum absolute atomic E-state index is 11.6. The van der Waals surface area contributed by atoms with Crippen LogP contribution in [0.15, 0.2) is 18.5 Å². The Morgan fingerprint density at radius 1 is 1.57 bits per heavy atom. The van der Waals surface area contributed by atoms with Gasteiger partial charge in [0, 0.05) is 25.8 Å². The molecule has 1 aliphatic heterocycles. The second kappa shape index (κ2) is 6.20. The summed E-state index contributed by atoms with van der Waals surface area (Å²) in [7, 11) is 0. The standard InChI is InChI=1S/C15H24N4O2/c1-15(2,3)21-14(20)18-8-11-5-7-19(10-11)13-4-6-17-9-12(13)16/h4,6,9,11H,5,7-8,10,16H2,1-3H3,(H,18,20). The van der Waals surface area contributed by atoms with E-state index < -0.39 is 5.60 Å². The van der Waals surface area contributed by atoms with E-state index in [-0.39, 0.29) is 6.09 Å². The van der Waals surface area contributed by atoms with Crippen LogP contribution in [-0.4, -0.2) is 36.3 Å². The van der Waals surface area contributed by atoms with Gasteiger partial charge in [-0.3, -0.25) is 4.98 Å². The number of hydrogen-bond acceptors (Lipinski definition) is 5. The van der Waals surface area contributed by atoms with E-state index in [4.69, 9.17) is 10.5 Å². The number of nitrogens with one attached hydrogen (secondary N) is 1. The number of alkyl carbamates (subject to hydrolysis) is 1. The zero-order valence-electron chi connectivity index (χ0n) is 12.9. The van der Waals surface area contributed by atoms with Crippen LogP contribution in [0.2, 0.25) is 0 Å². The first-order valence-corrected chi connectivity index (χ1v) is 7.26. The van der Waals surface area contributed by atoms with Crippen LogP contribution in [-0.2, 0) is 4.74 Å². The number of amides is 1. The molecule has 0 bridgehead atoms. The van der Waals surface area contributed by atoms with Gasteiger partial charge in [-0.25, -0.2) is 4.79 Å². The van der Waals surface area contributed by atoms with Crippen molar-refractivity contribution in [1.82, 2.24) is 10.3 Å². The predicted octanol–water partition coefficient (Wildman–Crippen LogP) is 2.01. The number of carbonyl (C=O) groups excluding carboxylic acids is 1. The van der Waals surface area contributed by atoms with Crippen LogP contribution in [0, 0.1) is 5.92 Å². The summed E-state index contributed by atoms with van der Waals surface area (Å²) in [6, 6.07) is 1.93. The number of nitrogen functional groups attached to an aromatic ring is 1. The molecule has 0 aromatic carbocycles. The number of nitrogens with two attached hydrogens (primary N) is 1. The third-order valence-electron chi connectivity index (χ3n) is 3.39. The zero-order chi connectivity index (χ0) is 15.5. The minimum Gasteiger partial charge on any atom is -0.444 e. The Kier molecular flexibility index (Phi) is 4.55. The Morgan fingerprint density at radius 3 is 3.00 bits per heavy atom. The number of carbonyl (C=O) groups is 1. The summed E-state index contributed by atoms with van der Waals surface area (Å²) in [5, 5.41) is 2.84. The Bertz CT molecular complexity index is 499. The molecular weight excluding hydrogens is 268 g/mol. The van der Waals surface area contributed by atoms with Crippen molar-refractivity contribution in [2.75, 3.05) is 30.3 Å². The number of ether oxygens (including phenoxy) is 1. The largest absolute Gasteiger partial charge is 0.444 e. The molecule has 2 heterocycles. The number of rotatable bonds is 3. The quantitative estimate of drug-likeness (QED) is 0.891. The average Bonchev–Trinajstić information content (AvgIpc) is 2.83. The molecule has 0 aliphatic carbocycles. The van der Waals surface area contributed by atoms with Crippen LogP contribution in [0.3, 0.4) is 0 Å². The van der Waals surface area contributed by atoms with E-state index in [0.29, 0.717) is 18.2 Å². The monoisotopic (exact) mass is 292 g/mol. The summed E-state index contributed by atoms with van der Waals surface area (Å²) < 4.78 is 5.24. The van der Waals surface area contributed by atoms with Crippen LogP contribution in [0.25, 0.3) is 0 Å². The van der Waals surface area contributed by atoms with Gasteiger partial charge in [0.2, 0.25) is 0 Å². The molecule has 1 unspecified atom stereocenters. The average molecular weight is 292 g/mol. The summed E-state index contributed by atoms with van der Waals surface area (Å²) in [6.07, 6.45) is 4.08. The van der Waals surface area contributed by atoms with Gasteiger partial charge in [-0.2, -0.15) is 0 Å². The zero-order valence-corrected chi connectivity index (χ0v) is 12.9. The number of hydrogen-bond donors (Lipinski definition) is 2. The number of pyridine rings is 1. The van der Waals surface area contributed by atoms with Crippen molar-refractivity contribution >= 4 is 17.5 Å². The predicted molar refractivity (Wildman–Crippen MR) is 83.2 cm³/mol. The van der Waals surface area contributed by atoms with Crippen LogP contribution in [0.1, 0.15) is 27.2 Å². The van der Waals surface area contributed by atoms with E-state index in [2.05, 4.69) is 15.2 Å². The smallest absolute Gasteiger partial charge is 0.407 e. The molecule has 1 aromatic rings. The molecule has 1 atom stereocenters. The van der Waals surface area contributed by atoms with Crippen LogP contribution in [0.4, 0.5) is 16.2 Å². The SMILES string of the molecule is CC(C)(C)OC(=O)NCC1CCN(c2ccncc2N)C1. The molecule has 1 aliphatic rings. The van der Waals surface area contributed by atoms with Gasteiger partial charge in [-0.1, -0.05) is 0 Å². The third kappa shape index (κ3) is 4.51. The van der Waals surface area contributed by atoms with E-state index in [0.717, 1.165) is 25.2 Å². The minimum absolute atomic E-state index is 0.357. The third-order valence-corrected chi connectivity index (χ3v) is 3.39. The Labute approximate surface area is 125 Å². The number of nitrogens with zero attached hydrogens (tertiary/aromatic N) is 2. The van der Waals surface area contributed by atoms with Crippen molar-refractivity contribution in [3.63, 3.8) is 0 Å². The first kappa shape index (κ1) is 15.4. The molecule has 0 saturated carbocycles. The van der Waals surface area contributed by atoms with Gasteiger partial charge < -0.3 is 20.7 Å². The highest BCUT2D eigenvalue weighted by Gasteiger charge is 2.25. The van der Waals surface area contributed by atoms with Gasteiger partial charge >= 0.3 is 6.09 Å². The molecule has 1 amide bonds. The van der Waals surface area contributed by atoms with E-state index in [1.165, 1.54) is 0 Å². The highest BCUT2D eigenvalue weighted by atomic mass is 16.6. The number of anilines is 2. The Morgan fingerprint density at radius 2 is 2.33 bits per heavy atom. The molecule has 1 aromatic heterocycles. The Balaban J connectivity index is 1.81. The lowest BCUT2D eigenvalue weighted by molar-refractivity contribution is 0.0520. The summed E-state index contributed by atoms with van der Waals surface area (Å²) in [6.45, 7) is 8.01. The fraction of sp³-hybridized carbons (Fsp3) is 0.600. The van der Waals surface area contributed by atoms with E-state index in [1.54, 1.807) is 12.4 Å². The molecule has 21 heavy (non-hydrogen) atoms. The summed E-state index contributed by atoms with van der Waals surface area (Å²) >= 11 is 0. The highest BCUT2D eigenvalue weighted by Crippen LogP contribution is 2.27. The topological polar surface area (TPSA) is 80.5 Å². The maximum atomic E-state index is 11.6. The normalized spacial score (nSPS) is 18.6. The summed E-state index contributed by atoms with van der Waals surface area (Å²) in [5.74, 6) is 0.407. The van der Waals surface area contributed by atoms with Crippen molar-refractivity contribution in [2.45, 2.75) is 32.8 Å². The molecule has 0 radical (unpaired) electrons. The van der Waals surface area contributed by atoms with Crippen molar-refractivity contribution in [2.24, 2.45) is 5.92 Å². The Hall–Kier alpha value is -1.98. The molecule has 6 nitrogen and oxygen atoms in total. The fourth-order valence-electron chi connectivity index (χ4n) is 2.45. The van der Waals surface area contributed by atoms with Crippen molar-refractivity contribution in [3.05, 3.63) is 18.5 Å². The van der Waals surface area contributed by atoms with E-state index in [1.807, 2.05) is 26.8 Å². The molecule has 116 valence electrons. The van der Waals surface area contributed by atoms with Gasteiger partial charge in [0.15, 0.2) is 0 Å². The first-order chi connectivity index (χ1) is 9.85. The lowest BCUT2D eigenvalue weighted by Gasteiger charge is -2.22. The van der Waals surface area contributed by atoms with E-state index in [9.17, 15) is 4.79 Å². The summed E-state index contributed by atoms with van der Waals surface area (Å²) in [5.41, 5.74) is 7.19. The van der Waals surface area contributed by atoms with Crippen LogP contribution in [0.5, 0.6) is 0 Å². The molecule has 3 N–H and O–H groups in total. The second-order valence-corrected chi connectivity index (χ2v) is 6.42. The van der Waals surface area contributed by atoms with Gasteiger partial charge in [0.25, 0.3) is 0 Å². The molecule has 0 spiro atoms. The fourth-order valence-corrected chi connectivity index (χ4v) is 2.45. The van der Waals surface area contributed by atoms with Crippen LogP contribution >= 0.6 is 0 Å². The molecule has 1 fully saturated rings. The summed E-state index contributed by atoms with van der Waals surface area (Å²) in [4.78, 5) is 17.9. The molecule has 1 saturated heterocycles. The van der Waals surface area contributed by atoms with Gasteiger partial charge in [0.05, 0.1) is 17.6 Å². The lowest BCUT2D eigenvalue weighted by Crippen LogP contribution is -2.36. The van der Waals surface area contributed by atoms with Gasteiger partial charge in [-0.15, -0.1) is 0 Å². The minimum atomic E-state index is -0.461.